The maximum atomic E-state index is 12.0. The van der Waals surface area contributed by atoms with E-state index in [4.69, 9.17) is 4.74 Å². The first-order valence-electron chi connectivity index (χ1n) is 6.37. The number of sulfonamides is 1. The predicted molar refractivity (Wildman–Crippen MR) is 72.7 cm³/mol. The number of carbonyl (C=O) groups is 1. The van der Waals surface area contributed by atoms with Gasteiger partial charge in [-0.05, 0) is 18.4 Å². The Morgan fingerprint density at radius 3 is 2.65 bits per heavy atom. The molecule has 1 aliphatic heterocycles. The fourth-order valence-electron chi connectivity index (χ4n) is 2.15. The highest BCUT2D eigenvalue weighted by Crippen LogP contribution is 2.17. The lowest BCUT2D eigenvalue weighted by atomic mass is 10.1. The smallest absolute Gasteiger partial charge is 0.326 e. The van der Waals surface area contributed by atoms with Crippen molar-refractivity contribution in [2.24, 2.45) is 0 Å². The summed E-state index contributed by atoms with van der Waals surface area (Å²) in [6, 6.07) is 6.95. The van der Waals surface area contributed by atoms with Crippen molar-refractivity contribution in [3.8, 4) is 0 Å². The second-order valence-corrected chi connectivity index (χ2v) is 6.51. The summed E-state index contributed by atoms with van der Waals surface area (Å²) in [6.07, 6.45) is 1.17. The third-order valence-electron chi connectivity index (χ3n) is 3.11. The number of carboxylic acids is 1. The van der Waals surface area contributed by atoms with Gasteiger partial charge in [0.1, 0.15) is 6.04 Å². The molecule has 1 saturated heterocycles. The Morgan fingerprint density at radius 1 is 1.40 bits per heavy atom. The molecule has 0 saturated carbocycles. The molecule has 20 heavy (non-hydrogen) atoms. The van der Waals surface area contributed by atoms with Gasteiger partial charge < -0.3 is 9.84 Å². The van der Waals surface area contributed by atoms with Crippen LogP contribution in [0.25, 0.3) is 0 Å². The van der Waals surface area contributed by atoms with E-state index in [9.17, 15) is 18.3 Å². The second kappa shape index (κ2) is 6.34. The van der Waals surface area contributed by atoms with Crippen LogP contribution in [-0.4, -0.2) is 38.0 Å². The van der Waals surface area contributed by atoms with E-state index >= 15 is 0 Å². The maximum Gasteiger partial charge on any atom is 0.326 e. The van der Waals surface area contributed by atoms with Gasteiger partial charge in [0.25, 0.3) is 0 Å². The van der Waals surface area contributed by atoms with Crippen molar-refractivity contribution in [3.63, 3.8) is 0 Å². The lowest BCUT2D eigenvalue weighted by Crippen LogP contribution is -2.38. The quantitative estimate of drug-likeness (QED) is 0.814. The third kappa shape index (κ3) is 4.03. The van der Waals surface area contributed by atoms with Crippen molar-refractivity contribution >= 4 is 16.0 Å². The van der Waals surface area contributed by atoms with Crippen LogP contribution < -0.4 is 4.72 Å². The van der Waals surface area contributed by atoms with Crippen LogP contribution in [0, 0.1) is 0 Å². The van der Waals surface area contributed by atoms with Crippen molar-refractivity contribution in [3.05, 3.63) is 35.9 Å². The van der Waals surface area contributed by atoms with Crippen LogP contribution >= 0.6 is 0 Å². The molecule has 0 aromatic heterocycles. The van der Waals surface area contributed by atoms with E-state index in [1.165, 1.54) is 0 Å². The summed E-state index contributed by atoms with van der Waals surface area (Å²) in [7, 11) is -3.71. The van der Waals surface area contributed by atoms with Crippen LogP contribution in [0.4, 0.5) is 0 Å². The van der Waals surface area contributed by atoms with E-state index in [-0.39, 0.29) is 11.9 Å². The molecule has 1 aliphatic rings. The van der Waals surface area contributed by atoms with Crippen molar-refractivity contribution in [1.82, 2.24) is 4.72 Å². The summed E-state index contributed by atoms with van der Waals surface area (Å²) in [6.45, 7) is 0.557. The van der Waals surface area contributed by atoms with Gasteiger partial charge in [-0.25, -0.2) is 8.42 Å². The predicted octanol–water partition coefficient (Wildman–Crippen LogP) is 0.911. The Labute approximate surface area is 117 Å². The minimum atomic E-state index is -3.71. The first-order valence-corrected chi connectivity index (χ1v) is 8.02. The van der Waals surface area contributed by atoms with Gasteiger partial charge in [-0.3, -0.25) is 4.79 Å². The largest absolute Gasteiger partial charge is 0.480 e. The molecule has 2 atom stereocenters. The van der Waals surface area contributed by atoms with E-state index in [0.717, 1.165) is 6.42 Å². The number of nitrogens with one attached hydrogen (secondary N) is 1. The Hall–Kier alpha value is -1.44. The number of hydrogen-bond acceptors (Lipinski definition) is 4. The molecule has 7 heteroatoms. The topological polar surface area (TPSA) is 92.7 Å². The van der Waals surface area contributed by atoms with Gasteiger partial charge in [0.15, 0.2) is 0 Å². The molecule has 2 rings (SSSR count). The minimum Gasteiger partial charge on any atom is -0.480 e. The summed E-state index contributed by atoms with van der Waals surface area (Å²) < 4.78 is 31.5. The van der Waals surface area contributed by atoms with Gasteiger partial charge in [-0.1, -0.05) is 30.3 Å². The fourth-order valence-corrected chi connectivity index (χ4v) is 3.60. The van der Waals surface area contributed by atoms with Crippen molar-refractivity contribution < 1.29 is 23.1 Å². The molecule has 0 aliphatic carbocycles. The van der Waals surface area contributed by atoms with Gasteiger partial charge >= 0.3 is 5.97 Å². The lowest BCUT2D eigenvalue weighted by molar-refractivity contribution is -0.139. The molecule has 6 nitrogen and oxygen atoms in total. The van der Waals surface area contributed by atoms with E-state index in [2.05, 4.69) is 4.72 Å². The number of hydrogen-bond donors (Lipinski definition) is 2. The molecule has 110 valence electrons. The Balaban J connectivity index is 2.09. The molecule has 1 unspecified atom stereocenters. The van der Waals surface area contributed by atoms with Crippen LogP contribution in [-0.2, 0) is 19.6 Å². The highest BCUT2D eigenvalue weighted by molar-refractivity contribution is 7.89. The summed E-state index contributed by atoms with van der Waals surface area (Å²) in [5.74, 6) is -1.43. The summed E-state index contributed by atoms with van der Waals surface area (Å²) in [4.78, 5) is 11.3. The average molecular weight is 299 g/mol. The highest BCUT2D eigenvalue weighted by atomic mass is 32.2. The van der Waals surface area contributed by atoms with Crippen LogP contribution in [0.3, 0.4) is 0 Å². The van der Waals surface area contributed by atoms with E-state index in [1.54, 1.807) is 30.3 Å². The van der Waals surface area contributed by atoms with Crippen LogP contribution in [0.1, 0.15) is 24.4 Å². The maximum absolute atomic E-state index is 12.0. The molecular formula is C13H17NO5S. The number of rotatable bonds is 6. The van der Waals surface area contributed by atoms with Gasteiger partial charge in [0.05, 0.1) is 11.9 Å². The summed E-state index contributed by atoms with van der Waals surface area (Å²) in [5, 5.41) is 9.19. The first-order chi connectivity index (χ1) is 9.48. The second-order valence-electron chi connectivity index (χ2n) is 4.72. The molecule has 0 spiro atoms. The molecular weight excluding hydrogens is 282 g/mol. The normalized spacial score (nSPS) is 20.7. The highest BCUT2D eigenvalue weighted by Gasteiger charge is 2.29. The summed E-state index contributed by atoms with van der Waals surface area (Å²) in [5.41, 5.74) is 0.399. The molecule has 2 N–H and O–H groups in total. The van der Waals surface area contributed by atoms with Crippen molar-refractivity contribution in [2.75, 3.05) is 12.4 Å². The number of ether oxygens (including phenoxy) is 1. The monoisotopic (exact) mass is 299 g/mol. The molecule has 1 heterocycles. The zero-order valence-corrected chi connectivity index (χ0v) is 11.7. The molecule has 1 fully saturated rings. The van der Waals surface area contributed by atoms with E-state index in [1.807, 2.05) is 0 Å². The average Bonchev–Trinajstić information content (AvgIpc) is 2.89. The molecule has 0 radical (unpaired) electrons. The molecule has 0 bridgehead atoms. The zero-order chi connectivity index (χ0) is 14.6. The van der Waals surface area contributed by atoms with E-state index < -0.39 is 22.0 Å². The lowest BCUT2D eigenvalue weighted by Gasteiger charge is -2.17. The van der Waals surface area contributed by atoms with Crippen LogP contribution in [0.15, 0.2) is 30.3 Å². The standard InChI is InChI=1S/C13H17NO5S/c15-13(16)12(10-5-2-1-3-6-10)14-20(17,18)9-11-7-4-8-19-11/h1-3,5-6,11-12,14H,4,7-9H2,(H,15,16)/t11?,12-/m1/s1. The number of aliphatic carboxylic acids is 1. The Kier molecular flexibility index (Phi) is 4.74. The zero-order valence-electron chi connectivity index (χ0n) is 10.9. The molecule has 1 aromatic carbocycles. The van der Waals surface area contributed by atoms with Gasteiger partial charge in [-0.2, -0.15) is 4.72 Å². The number of benzene rings is 1. The molecule has 0 amide bonds. The third-order valence-corrected chi connectivity index (χ3v) is 4.51. The first kappa shape index (κ1) is 15.0. The SMILES string of the molecule is O=C(O)[C@H](NS(=O)(=O)CC1CCCO1)c1ccccc1. The Morgan fingerprint density at radius 2 is 2.10 bits per heavy atom. The number of carboxylic acid groups (broad SMARTS) is 1. The fraction of sp³-hybridized carbons (Fsp3) is 0.462. The van der Waals surface area contributed by atoms with Crippen molar-refractivity contribution in [1.29, 1.82) is 0 Å². The van der Waals surface area contributed by atoms with Crippen LogP contribution in [0.5, 0.6) is 0 Å². The van der Waals surface area contributed by atoms with E-state index in [0.29, 0.717) is 18.6 Å². The van der Waals surface area contributed by atoms with Crippen LogP contribution in [0.2, 0.25) is 0 Å². The minimum absolute atomic E-state index is 0.205. The molecule has 1 aromatic rings. The van der Waals surface area contributed by atoms with Crippen molar-refractivity contribution in [2.45, 2.75) is 25.0 Å². The van der Waals surface area contributed by atoms with Gasteiger partial charge in [-0.15, -0.1) is 0 Å². The Bertz CT molecular complexity index is 551. The van der Waals surface area contributed by atoms with Gasteiger partial charge in [0, 0.05) is 6.61 Å². The summed E-state index contributed by atoms with van der Waals surface area (Å²) >= 11 is 0. The van der Waals surface area contributed by atoms with Gasteiger partial charge in [0.2, 0.25) is 10.0 Å².